The van der Waals surface area contributed by atoms with Crippen LogP contribution in [0.2, 0.25) is 0 Å². The topological polar surface area (TPSA) is 84.9 Å². The first kappa shape index (κ1) is 18.3. The number of para-hydroxylation sites is 1. The van der Waals surface area contributed by atoms with Crippen LogP contribution >= 0.6 is 0 Å². The number of benzene rings is 1. The molecule has 1 heterocycles. The van der Waals surface area contributed by atoms with Crippen LogP contribution in [0.1, 0.15) is 49.5 Å². The highest BCUT2D eigenvalue weighted by molar-refractivity contribution is 6.47. The number of ether oxygens (including phenoxy) is 1. The van der Waals surface area contributed by atoms with Crippen molar-refractivity contribution in [1.29, 1.82) is 0 Å². The molecule has 24 heavy (non-hydrogen) atoms. The highest BCUT2D eigenvalue weighted by atomic mass is 16.5. The zero-order valence-electron chi connectivity index (χ0n) is 14.4. The minimum absolute atomic E-state index is 0.152. The molecular formula is C17H24BNO5. The Labute approximate surface area is 142 Å². The van der Waals surface area contributed by atoms with E-state index in [4.69, 9.17) is 9.39 Å². The Hall–Kier alpha value is -2.02. The lowest BCUT2D eigenvalue weighted by Gasteiger charge is -2.29. The van der Waals surface area contributed by atoms with Gasteiger partial charge in [-0.25, -0.2) is 4.79 Å². The van der Waals surface area contributed by atoms with E-state index >= 15 is 0 Å². The Morgan fingerprint density at radius 1 is 1.46 bits per heavy atom. The van der Waals surface area contributed by atoms with Crippen molar-refractivity contribution < 1.29 is 24.0 Å². The van der Waals surface area contributed by atoms with Crippen molar-refractivity contribution >= 4 is 19.0 Å². The van der Waals surface area contributed by atoms with E-state index in [2.05, 4.69) is 5.32 Å². The van der Waals surface area contributed by atoms with Gasteiger partial charge in [-0.05, 0) is 24.5 Å². The van der Waals surface area contributed by atoms with Crippen LogP contribution in [0.5, 0.6) is 5.75 Å². The molecule has 0 saturated heterocycles. The van der Waals surface area contributed by atoms with Gasteiger partial charge in [-0.2, -0.15) is 0 Å². The standard InChI is InChI=1S/C17H24BNO5/c1-4-5-9-23-17(21)13-8-6-7-12-10-14(18(22)24-15(12)13)19-16(20)11(2)3/h6-8,11,14,22H,4-5,9-10H2,1-3H3,(H,19,20)/t14-/m0/s1. The Morgan fingerprint density at radius 2 is 2.21 bits per heavy atom. The predicted octanol–water partition coefficient (Wildman–Crippen LogP) is 1.74. The third kappa shape index (κ3) is 4.29. The number of unbranched alkanes of at least 4 members (excludes halogenated alkanes) is 1. The third-order valence-corrected chi connectivity index (χ3v) is 3.92. The van der Waals surface area contributed by atoms with Gasteiger partial charge in [0.25, 0.3) is 0 Å². The second-order valence-electron chi connectivity index (χ2n) is 6.27. The molecule has 2 N–H and O–H groups in total. The molecule has 130 valence electrons. The normalized spacial score (nSPS) is 16.4. The van der Waals surface area contributed by atoms with Gasteiger partial charge < -0.3 is 19.7 Å². The van der Waals surface area contributed by atoms with Gasteiger partial charge in [0.05, 0.1) is 12.5 Å². The monoisotopic (exact) mass is 333 g/mol. The summed E-state index contributed by atoms with van der Waals surface area (Å²) in [4.78, 5) is 24.0. The molecule has 0 aromatic heterocycles. The molecule has 1 aromatic rings. The Morgan fingerprint density at radius 3 is 2.88 bits per heavy atom. The van der Waals surface area contributed by atoms with Crippen molar-refractivity contribution in [2.24, 2.45) is 5.92 Å². The summed E-state index contributed by atoms with van der Waals surface area (Å²) in [5.41, 5.74) is 1.07. The highest BCUT2D eigenvalue weighted by Gasteiger charge is 2.38. The fourth-order valence-electron chi connectivity index (χ4n) is 2.44. The van der Waals surface area contributed by atoms with Crippen molar-refractivity contribution in [3.63, 3.8) is 0 Å². The molecule has 1 amide bonds. The smallest absolute Gasteiger partial charge is 0.534 e. The zero-order chi connectivity index (χ0) is 17.7. The molecule has 7 heteroatoms. The van der Waals surface area contributed by atoms with E-state index in [1.54, 1.807) is 26.0 Å². The lowest BCUT2D eigenvalue weighted by molar-refractivity contribution is -0.124. The third-order valence-electron chi connectivity index (χ3n) is 3.92. The van der Waals surface area contributed by atoms with Gasteiger partial charge in [-0.3, -0.25) is 4.79 Å². The minimum Gasteiger partial charge on any atom is -0.534 e. The molecule has 0 bridgehead atoms. The van der Waals surface area contributed by atoms with Crippen LogP contribution in [0.25, 0.3) is 0 Å². The second kappa shape index (κ2) is 8.19. The van der Waals surface area contributed by atoms with Crippen LogP contribution in [0, 0.1) is 5.92 Å². The Kier molecular flexibility index (Phi) is 6.26. The van der Waals surface area contributed by atoms with Crippen molar-refractivity contribution in [3.05, 3.63) is 29.3 Å². The second-order valence-corrected chi connectivity index (χ2v) is 6.27. The van der Waals surface area contributed by atoms with E-state index in [9.17, 15) is 14.6 Å². The van der Waals surface area contributed by atoms with E-state index in [1.165, 1.54) is 0 Å². The number of hydrogen-bond acceptors (Lipinski definition) is 5. The molecule has 0 spiro atoms. The molecule has 6 nitrogen and oxygen atoms in total. The van der Waals surface area contributed by atoms with Gasteiger partial charge >= 0.3 is 13.1 Å². The van der Waals surface area contributed by atoms with Gasteiger partial charge in [0.15, 0.2) is 0 Å². The van der Waals surface area contributed by atoms with Gasteiger partial charge in [-0.15, -0.1) is 0 Å². The largest absolute Gasteiger partial charge is 0.547 e. The zero-order valence-corrected chi connectivity index (χ0v) is 14.4. The van der Waals surface area contributed by atoms with Gasteiger partial charge in [0.1, 0.15) is 11.3 Å². The van der Waals surface area contributed by atoms with E-state index < -0.39 is 19.0 Å². The molecule has 0 aliphatic carbocycles. The van der Waals surface area contributed by atoms with Crippen LogP contribution in [0.15, 0.2) is 18.2 Å². The number of hydrogen-bond donors (Lipinski definition) is 2. The van der Waals surface area contributed by atoms with Gasteiger partial charge in [0, 0.05) is 5.92 Å². The number of fused-ring (bicyclic) bond motifs is 1. The average molecular weight is 333 g/mol. The maximum atomic E-state index is 12.2. The van der Waals surface area contributed by atoms with Crippen LogP contribution in [-0.4, -0.2) is 36.6 Å². The molecular weight excluding hydrogens is 309 g/mol. The molecule has 0 unspecified atom stereocenters. The van der Waals surface area contributed by atoms with Gasteiger partial charge in [0.2, 0.25) is 5.91 Å². The summed E-state index contributed by atoms with van der Waals surface area (Å²) in [6.45, 7) is 5.94. The minimum atomic E-state index is -1.20. The van der Waals surface area contributed by atoms with Crippen molar-refractivity contribution in [3.8, 4) is 5.75 Å². The number of esters is 1. The summed E-state index contributed by atoms with van der Waals surface area (Å²) >= 11 is 0. The first-order valence-electron chi connectivity index (χ1n) is 8.38. The maximum Gasteiger partial charge on any atom is 0.547 e. The number of nitrogens with one attached hydrogen (secondary N) is 1. The van der Waals surface area contributed by atoms with Crippen molar-refractivity contribution in [2.75, 3.05) is 6.61 Å². The fourth-order valence-corrected chi connectivity index (χ4v) is 2.44. The summed E-state index contributed by atoms with van der Waals surface area (Å²) in [5, 5.41) is 12.9. The number of carbonyl (C=O) groups excluding carboxylic acids is 2. The van der Waals surface area contributed by atoms with Crippen LogP contribution in [-0.2, 0) is 16.0 Å². The van der Waals surface area contributed by atoms with E-state index in [-0.39, 0.29) is 11.8 Å². The first-order chi connectivity index (χ1) is 11.4. The number of rotatable bonds is 6. The van der Waals surface area contributed by atoms with Crippen LogP contribution < -0.4 is 9.97 Å². The molecule has 1 aliphatic heterocycles. The summed E-state index contributed by atoms with van der Waals surface area (Å²) in [6.07, 6.45) is 2.13. The van der Waals surface area contributed by atoms with Crippen LogP contribution in [0.4, 0.5) is 0 Å². The summed E-state index contributed by atoms with van der Waals surface area (Å²) < 4.78 is 10.7. The molecule has 2 rings (SSSR count). The summed E-state index contributed by atoms with van der Waals surface area (Å²) in [7, 11) is -1.20. The van der Waals surface area contributed by atoms with Crippen LogP contribution in [0.3, 0.4) is 0 Å². The SMILES string of the molecule is CCCCOC(=O)c1cccc2c1OB(O)[C@@H](NC(=O)C(C)C)C2. The summed E-state index contributed by atoms with van der Waals surface area (Å²) in [6, 6.07) is 5.18. The van der Waals surface area contributed by atoms with Crippen molar-refractivity contribution in [2.45, 2.75) is 46.0 Å². The van der Waals surface area contributed by atoms with E-state index in [1.807, 2.05) is 13.0 Å². The molecule has 1 aromatic carbocycles. The van der Waals surface area contributed by atoms with E-state index in [0.717, 1.165) is 18.4 Å². The highest BCUT2D eigenvalue weighted by Crippen LogP contribution is 2.30. The lowest BCUT2D eigenvalue weighted by Crippen LogP contribution is -2.54. The quantitative estimate of drug-likeness (QED) is 0.471. The maximum absolute atomic E-state index is 12.2. The van der Waals surface area contributed by atoms with Gasteiger partial charge in [-0.1, -0.05) is 39.3 Å². The Balaban J connectivity index is 2.14. The number of amides is 1. The molecule has 1 atom stereocenters. The molecule has 0 saturated carbocycles. The average Bonchev–Trinajstić information content (AvgIpc) is 2.55. The predicted molar refractivity (Wildman–Crippen MR) is 90.7 cm³/mol. The lowest BCUT2D eigenvalue weighted by atomic mass is 9.72. The van der Waals surface area contributed by atoms with E-state index in [0.29, 0.717) is 24.3 Å². The molecule has 0 fully saturated rings. The molecule has 1 aliphatic rings. The summed E-state index contributed by atoms with van der Waals surface area (Å²) in [5.74, 6) is -1.00. The molecule has 0 radical (unpaired) electrons. The number of carbonyl (C=O) groups is 2. The first-order valence-corrected chi connectivity index (χ1v) is 8.38. The van der Waals surface area contributed by atoms with Crippen molar-refractivity contribution in [1.82, 2.24) is 5.32 Å². The fraction of sp³-hybridized carbons (Fsp3) is 0.529. The Bertz CT molecular complexity index is 605.